The van der Waals surface area contributed by atoms with Gasteiger partial charge >= 0.3 is 0 Å². The van der Waals surface area contributed by atoms with E-state index in [0.29, 0.717) is 6.04 Å². The highest BCUT2D eigenvalue weighted by molar-refractivity contribution is 5.45. The summed E-state index contributed by atoms with van der Waals surface area (Å²) in [7, 11) is 2.00. The van der Waals surface area contributed by atoms with Crippen molar-refractivity contribution in [1.29, 1.82) is 0 Å². The normalized spacial score (nSPS) is 12.5. The number of hydrogen-bond donors (Lipinski definition) is 0. The fourth-order valence-corrected chi connectivity index (χ4v) is 2.73. The molecule has 4 nitrogen and oxygen atoms in total. The molecular formula is C17H20N4. The standard InChI is InChI=1S/C17H20N4/c1-3-7-15(14-8-5-4-6-9-14)21-13-11-19-17(21)16-18-10-12-20(16)2/h4-6,8-13,15H,3,7H2,1-2H3. The van der Waals surface area contributed by atoms with Gasteiger partial charge in [-0.2, -0.15) is 0 Å². The van der Waals surface area contributed by atoms with E-state index in [9.17, 15) is 0 Å². The number of hydrogen-bond acceptors (Lipinski definition) is 2. The SMILES string of the molecule is CCCC(c1ccccc1)n1ccnc1-c1nccn1C. The lowest BCUT2D eigenvalue weighted by Gasteiger charge is -2.20. The van der Waals surface area contributed by atoms with Crippen molar-refractivity contribution in [3.05, 3.63) is 60.7 Å². The van der Waals surface area contributed by atoms with Gasteiger partial charge in [-0.25, -0.2) is 9.97 Å². The van der Waals surface area contributed by atoms with Crippen LogP contribution in [-0.4, -0.2) is 19.1 Å². The predicted molar refractivity (Wildman–Crippen MR) is 83.9 cm³/mol. The van der Waals surface area contributed by atoms with E-state index in [1.165, 1.54) is 5.56 Å². The van der Waals surface area contributed by atoms with E-state index in [1.807, 2.05) is 30.2 Å². The zero-order valence-electron chi connectivity index (χ0n) is 12.5. The zero-order chi connectivity index (χ0) is 14.7. The second-order valence-electron chi connectivity index (χ2n) is 5.24. The van der Waals surface area contributed by atoms with Crippen LogP contribution in [0.4, 0.5) is 0 Å². The summed E-state index contributed by atoms with van der Waals surface area (Å²) >= 11 is 0. The van der Waals surface area contributed by atoms with Gasteiger partial charge in [0.2, 0.25) is 0 Å². The Morgan fingerprint density at radius 2 is 1.71 bits per heavy atom. The fraction of sp³-hybridized carbons (Fsp3) is 0.294. The minimum Gasteiger partial charge on any atom is -0.331 e. The predicted octanol–water partition coefficient (Wildman–Crippen LogP) is 3.67. The Kier molecular flexibility index (Phi) is 3.86. The molecule has 1 atom stereocenters. The Labute approximate surface area is 125 Å². The second kappa shape index (κ2) is 5.95. The third-order valence-electron chi connectivity index (χ3n) is 3.77. The fourth-order valence-electron chi connectivity index (χ4n) is 2.73. The molecule has 1 aromatic carbocycles. The Bertz CT molecular complexity index is 696. The lowest BCUT2D eigenvalue weighted by atomic mass is 10.0. The molecule has 0 saturated carbocycles. The van der Waals surface area contributed by atoms with E-state index in [1.54, 1.807) is 0 Å². The Hall–Kier alpha value is -2.36. The monoisotopic (exact) mass is 280 g/mol. The van der Waals surface area contributed by atoms with Gasteiger partial charge in [-0.1, -0.05) is 43.7 Å². The third-order valence-corrected chi connectivity index (χ3v) is 3.77. The van der Waals surface area contributed by atoms with Gasteiger partial charge < -0.3 is 9.13 Å². The Morgan fingerprint density at radius 1 is 1.00 bits per heavy atom. The molecule has 4 heteroatoms. The van der Waals surface area contributed by atoms with Gasteiger partial charge in [-0.05, 0) is 12.0 Å². The van der Waals surface area contributed by atoms with Crippen molar-refractivity contribution in [2.45, 2.75) is 25.8 Å². The molecule has 0 fully saturated rings. The van der Waals surface area contributed by atoms with Gasteiger partial charge in [0.1, 0.15) is 0 Å². The van der Waals surface area contributed by atoms with Crippen LogP contribution in [0.25, 0.3) is 11.6 Å². The van der Waals surface area contributed by atoms with Crippen molar-refractivity contribution in [3.8, 4) is 11.6 Å². The van der Waals surface area contributed by atoms with E-state index in [0.717, 1.165) is 24.5 Å². The average molecular weight is 280 g/mol. The summed E-state index contributed by atoms with van der Waals surface area (Å²) in [6.07, 6.45) is 9.87. The zero-order valence-corrected chi connectivity index (χ0v) is 12.5. The van der Waals surface area contributed by atoms with Gasteiger partial charge in [0.05, 0.1) is 6.04 Å². The maximum Gasteiger partial charge on any atom is 0.176 e. The van der Waals surface area contributed by atoms with Crippen LogP contribution in [0, 0.1) is 0 Å². The first-order valence-corrected chi connectivity index (χ1v) is 7.36. The highest BCUT2D eigenvalue weighted by atomic mass is 15.2. The molecule has 0 radical (unpaired) electrons. The lowest BCUT2D eigenvalue weighted by Crippen LogP contribution is -2.12. The smallest absolute Gasteiger partial charge is 0.176 e. The molecule has 2 heterocycles. The van der Waals surface area contributed by atoms with Crippen molar-refractivity contribution in [2.24, 2.45) is 7.05 Å². The molecule has 108 valence electrons. The van der Waals surface area contributed by atoms with Gasteiger partial charge in [-0.15, -0.1) is 0 Å². The molecule has 0 amide bonds. The largest absolute Gasteiger partial charge is 0.331 e. The molecule has 3 rings (SSSR count). The highest BCUT2D eigenvalue weighted by Crippen LogP contribution is 2.28. The first-order valence-electron chi connectivity index (χ1n) is 7.36. The molecule has 1 unspecified atom stereocenters. The van der Waals surface area contributed by atoms with Gasteiger partial charge in [-0.3, -0.25) is 0 Å². The minimum atomic E-state index is 0.297. The molecule has 3 aromatic rings. The maximum atomic E-state index is 4.53. The van der Waals surface area contributed by atoms with E-state index >= 15 is 0 Å². The maximum absolute atomic E-state index is 4.53. The molecule has 2 aromatic heterocycles. The molecule has 0 aliphatic rings. The first-order chi connectivity index (χ1) is 10.3. The van der Waals surface area contributed by atoms with E-state index in [-0.39, 0.29) is 0 Å². The minimum absolute atomic E-state index is 0.297. The molecule has 0 N–H and O–H groups in total. The van der Waals surface area contributed by atoms with Crippen LogP contribution in [0.15, 0.2) is 55.1 Å². The van der Waals surface area contributed by atoms with Crippen molar-refractivity contribution in [1.82, 2.24) is 19.1 Å². The number of aryl methyl sites for hydroxylation is 1. The number of aromatic nitrogens is 4. The summed E-state index contributed by atoms with van der Waals surface area (Å²) < 4.78 is 4.24. The van der Waals surface area contributed by atoms with Gasteiger partial charge in [0.15, 0.2) is 11.6 Å². The highest BCUT2D eigenvalue weighted by Gasteiger charge is 2.18. The quantitative estimate of drug-likeness (QED) is 0.715. The number of rotatable bonds is 5. The molecule has 21 heavy (non-hydrogen) atoms. The second-order valence-corrected chi connectivity index (χ2v) is 5.24. The number of benzene rings is 1. The van der Waals surface area contributed by atoms with Crippen LogP contribution in [0.5, 0.6) is 0 Å². The van der Waals surface area contributed by atoms with Crippen molar-refractivity contribution < 1.29 is 0 Å². The Balaban J connectivity index is 2.06. The van der Waals surface area contributed by atoms with E-state index < -0.39 is 0 Å². The molecule has 0 bridgehead atoms. The van der Waals surface area contributed by atoms with Crippen LogP contribution in [0.1, 0.15) is 31.4 Å². The van der Waals surface area contributed by atoms with E-state index in [2.05, 4.69) is 58.0 Å². The van der Waals surface area contributed by atoms with Gasteiger partial charge in [0, 0.05) is 31.8 Å². The lowest BCUT2D eigenvalue weighted by molar-refractivity contribution is 0.535. The summed E-state index contributed by atoms with van der Waals surface area (Å²) in [5.74, 6) is 1.82. The molecular weight excluding hydrogens is 260 g/mol. The van der Waals surface area contributed by atoms with Crippen LogP contribution in [0.2, 0.25) is 0 Å². The molecule has 0 saturated heterocycles. The van der Waals surface area contributed by atoms with Crippen LogP contribution in [-0.2, 0) is 7.05 Å². The number of nitrogens with zero attached hydrogens (tertiary/aromatic N) is 4. The van der Waals surface area contributed by atoms with Gasteiger partial charge in [0.25, 0.3) is 0 Å². The van der Waals surface area contributed by atoms with E-state index in [4.69, 9.17) is 0 Å². The third kappa shape index (κ3) is 2.61. The summed E-state index contributed by atoms with van der Waals surface area (Å²) in [5.41, 5.74) is 1.31. The first kappa shape index (κ1) is 13.6. The summed E-state index contributed by atoms with van der Waals surface area (Å²) in [5, 5.41) is 0. The van der Waals surface area contributed by atoms with Crippen LogP contribution < -0.4 is 0 Å². The van der Waals surface area contributed by atoms with Crippen molar-refractivity contribution in [2.75, 3.05) is 0 Å². The molecule has 0 aliphatic carbocycles. The van der Waals surface area contributed by atoms with Crippen LogP contribution in [0.3, 0.4) is 0 Å². The average Bonchev–Trinajstić information content (AvgIpc) is 3.14. The van der Waals surface area contributed by atoms with Crippen LogP contribution >= 0.6 is 0 Å². The summed E-state index contributed by atoms with van der Waals surface area (Å²) in [4.78, 5) is 8.96. The number of imidazole rings is 2. The van der Waals surface area contributed by atoms with Crippen molar-refractivity contribution >= 4 is 0 Å². The summed E-state index contributed by atoms with van der Waals surface area (Å²) in [6.45, 7) is 2.22. The summed E-state index contributed by atoms with van der Waals surface area (Å²) in [6, 6.07) is 10.9. The van der Waals surface area contributed by atoms with Crippen molar-refractivity contribution in [3.63, 3.8) is 0 Å². The molecule has 0 spiro atoms. The molecule has 0 aliphatic heterocycles. The Morgan fingerprint density at radius 3 is 2.38 bits per heavy atom. The topological polar surface area (TPSA) is 35.6 Å².